The van der Waals surface area contributed by atoms with E-state index < -0.39 is 11.4 Å². The molecule has 0 unspecified atom stereocenters. The highest BCUT2D eigenvalue weighted by Crippen LogP contribution is 2.31. The lowest BCUT2D eigenvalue weighted by atomic mass is 10.1. The summed E-state index contributed by atoms with van der Waals surface area (Å²) in [7, 11) is 0. The Morgan fingerprint density at radius 2 is 1.85 bits per heavy atom. The van der Waals surface area contributed by atoms with Crippen molar-refractivity contribution in [3.05, 3.63) is 24.0 Å². The molecule has 0 saturated carbocycles. The third kappa shape index (κ3) is 5.61. The average molecular weight is 461 g/mol. The highest BCUT2D eigenvalue weighted by atomic mass is 19.1. The number of aromatic nitrogens is 4. The molecule has 2 aromatic rings. The number of imidazole rings is 1. The fourth-order valence-electron chi connectivity index (χ4n) is 4.36. The zero-order valence-corrected chi connectivity index (χ0v) is 19.8. The van der Waals surface area contributed by atoms with Crippen molar-refractivity contribution in [2.75, 3.05) is 31.6 Å². The molecule has 2 aromatic heterocycles. The molecule has 2 saturated heterocycles. The molecular weight excluding hydrogens is 427 g/mol. The number of amides is 1. The summed E-state index contributed by atoms with van der Waals surface area (Å²) in [5.41, 5.74) is 0.382. The minimum absolute atomic E-state index is 0.0872. The van der Waals surface area contributed by atoms with Gasteiger partial charge in [0, 0.05) is 38.4 Å². The summed E-state index contributed by atoms with van der Waals surface area (Å²) in [6, 6.07) is 0.295. The van der Waals surface area contributed by atoms with Gasteiger partial charge in [0.1, 0.15) is 17.1 Å². The molecule has 1 N–H and O–H groups in total. The third-order valence-corrected chi connectivity index (χ3v) is 6.00. The van der Waals surface area contributed by atoms with Gasteiger partial charge in [-0.25, -0.2) is 24.1 Å². The maximum atomic E-state index is 14.8. The van der Waals surface area contributed by atoms with Gasteiger partial charge >= 0.3 is 6.09 Å². The number of hydrogen-bond acceptors (Lipinski definition) is 7. The molecule has 1 amide bonds. The van der Waals surface area contributed by atoms with Crippen LogP contribution >= 0.6 is 0 Å². The minimum Gasteiger partial charge on any atom is -0.444 e. The molecule has 4 heterocycles. The van der Waals surface area contributed by atoms with E-state index >= 15 is 0 Å². The predicted octanol–water partition coefficient (Wildman–Crippen LogP) is 3.95. The second kappa shape index (κ2) is 9.62. The number of rotatable bonds is 4. The van der Waals surface area contributed by atoms with E-state index in [9.17, 15) is 9.18 Å². The lowest BCUT2D eigenvalue weighted by Crippen LogP contribution is -2.44. The molecule has 0 atom stereocenters. The molecule has 0 spiro atoms. The van der Waals surface area contributed by atoms with Gasteiger partial charge in [0.15, 0.2) is 5.82 Å². The second-order valence-electron chi connectivity index (χ2n) is 9.68. The van der Waals surface area contributed by atoms with Crippen LogP contribution in [-0.2, 0) is 9.47 Å². The SMILES string of the molecule is Cc1ncc(-c2nc(NC3CCN(C(=O)OC(C)(C)C)CC3)ncc2F)n1C1CCOCC1. The molecule has 180 valence electrons. The van der Waals surface area contributed by atoms with Crippen LogP contribution in [0.25, 0.3) is 11.4 Å². The van der Waals surface area contributed by atoms with Crippen molar-refractivity contribution in [3.63, 3.8) is 0 Å². The molecule has 4 rings (SSSR count). The second-order valence-corrected chi connectivity index (χ2v) is 9.68. The van der Waals surface area contributed by atoms with Crippen LogP contribution in [0.15, 0.2) is 12.4 Å². The first-order chi connectivity index (χ1) is 15.7. The van der Waals surface area contributed by atoms with Crippen molar-refractivity contribution in [2.24, 2.45) is 0 Å². The molecule has 9 nitrogen and oxygen atoms in total. The molecule has 2 aliphatic rings. The van der Waals surface area contributed by atoms with Gasteiger partial charge in [0.25, 0.3) is 0 Å². The van der Waals surface area contributed by atoms with Gasteiger partial charge in [0.2, 0.25) is 5.95 Å². The Labute approximate surface area is 193 Å². The van der Waals surface area contributed by atoms with Crippen LogP contribution in [0.5, 0.6) is 0 Å². The Balaban J connectivity index is 1.45. The van der Waals surface area contributed by atoms with Crippen LogP contribution in [0.4, 0.5) is 15.1 Å². The molecule has 0 aromatic carbocycles. The molecule has 2 fully saturated rings. The number of nitrogens with zero attached hydrogens (tertiary/aromatic N) is 5. The Hall–Kier alpha value is -2.75. The molecule has 10 heteroatoms. The van der Waals surface area contributed by atoms with Gasteiger partial charge in [-0.3, -0.25) is 0 Å². The van der Waals surface area contributed by atoms with Crippen LogP contribution < -0.4 is 5.32 Å². The highest BCUT2D eigenvalue weighted by Gasteiger charge is 2.28. The number of anilines is 1. The fraction of sp³-hybridized carbons (Fsp3) is 0.652. The van der Waals surface area contributed by atoms with Gasteiger partial charge < -0.3 is 24.3 Å². The number of likely N-dealkylation sites (tertiary alicyclic amines) is 1. The third-order valence-electron chi connectivity index (χ3n) is 6.00. The molecule has 0 bridgehead atoms. The summed E-state index contributed by atoms with van der Waals surface area (Å²) in [4.78, 5) is 27.1. The van der Waals surface area contributed by atoms with Gasteiger partial charge in [-0.05, 0) is 53.4 Å². The number of aryl methyl sites for hydroxylation is 1. The summed E-state index contributed by atoms with van der Waals surface area (Å²) in [6.07, 6.45) is 5.77. The summed E-state index contributed by atoms with van der Waals surface area (Å²) < 4.78 is 27.8. The van der Waals surface area contributed by atoms with Crippen molar-refractivity contribution in [3.8, 4) is 11.4 Å². The molecule has 2 aliphatic heterocycles. The Morgan fingerprint density at radius 1 is 1.15 bits per heavy atom. The van der Waals surface area contributed by atoms with Crippen LogP contribution in [0.3, 0.4) is 0 Å². The first kappa shape index (κ1) is 23.4. The number of ether oxygens (including phenoxy) is 2. The summed E-state index contributed by atoms with van der Waals surface area (Å²) >= 11 is 0. The highest BCUT2D eigenvalue weighted by molar-refractivity contribution is 5.68. The smallest absolute Gasteiger partial charge is 0.410 e. The van der Waals surface area contributed by atoms with Crippen molar-refractivity contribution in [1.29, 1.82) is 0 Å². The first-order valence-corrected chi connectivity index (χ1v) is 11.6. The lowest BCUT2D eigenvalue weighted by molar-refractivity contribution is 0.0210. The van der Waals surface area contributed by atoms with E-state index in [2.05, 4.69) is 24.8 Å². The molecule has 33 heavy (non-hydrogen) atoms. The lowest BCUT2D eigenvalue weighted by Gasteiger charge is -2.33. The number of nitrogens with one attached hydrogen (secondary N) is 1. The summed E-state index contributed by atoms with van der Waals surface area (Å²) in [5, 5.41) is 3.31. The largest absolute Gasteiger partial charge is 0.444 e. The van der Waals surface area contributed by atoms with Gasteiger partial charge in [-0.2, -0.15) is 0 Å². The molecule has 0 radical (unpaired) electrons. The predicted molar refractivity (Wildman–Crippen MR) is 121 cm³/mol. The topological polar surface area (TPSA) is 94.4 Å². The number of carbonyl (C=O) groups excluding carboxylic acids is 1. The Bertz CT molecular complexity index is 975. The quantitative estimate of drug-likeness (QED) is 0.738. The van der Waals surface area contributed by atoms with Crippen LogP contribution in [0.1, 0.15) is 58.3 Å². The van der Waals surface area contributed by atoms with Crippen LogP contribution in [0, 0.1) is 12.7 Å². The van der Waals surface area contributed by atoms with E-state index in [-0.39, 0.29) is 23.9 Å². The maximum Gasteiger partial charge on any atom is 0.410 e. The van der Waals surface area contributed by atoms with Crippen LogP contribution in [-0.4, -0.2) is 68.5 Å². The number of hydrogen-bond donors (Lipinski definition) is 1. The standard InChI is InChI=1S/C23H33FN6O3/c1-15-25-14-19(30(15)17-7-11-32-12-8-17)20-18(24)13-26-21(28-20)27-16-5-9-29(10-6-16)22(31)33-23(2,3)4/h13-14,16-17H,5-12H2,1-4H3,(H,26,27,28). The van der Waals surface area contributed by atoms with Crippen molar-refractivity contribution < 1.29 is 18.7 Å². The normalized spacial score (nSPS) is 18.4. The van der Waals surface area contributed by atoms with E-state index in [1.165, 1.54) is 6.20 Å². The summed E-state index contributed by atoms with van der Waals surface area (Å²) in [5.74, 6) is 0.729. The minimum atomic E-state index is -0.514. The van der Waals surface area contributed by atoms with Crippen molar-refractivity contribution in [2.45, 2.75) is 71.1 Å². The number of carbonyl (C=O) groups is 1. The van der Waals surface area contributed by atoms with E-state index in [0.29, 0.717) is 37.9 Å². The van der Waals surface area contributed by atoms with Gasteiger partial charge in [0.05, 0.1) is 18.1 Å². The van der Waals surface area contributed by atoms with Gasteiger partial charge in [-0.1, -0.05) is 0 Å². The first-order valence-electron chi connectivity index (χ1n) is 11.6. The molecular formula is C23H33FN6O3. The van der Waals surface area contributed by atoms with E-state index in [4.69, 9.17) is 9.47 Å². The number of halogens is 1. The van der Waals surface area contributed by atoms with Gasteiger partial charge in [-0.15, -0.1) is 0 Å². The fourth-order valence-corrected chi connectivity index (χ4v) is 4.36. The Morgan fingerprint density at radius 3 is 2.52 bits per heavy atom. The Kier molecular flexibility index (Phi) is 6.83. The monoisotopic (exact) mass is 460 g/mol. The van der Waals surface area contributed by atoms with E-state index in [1.54, 1.807) is 11.1 Å². The molecule has 0 aliphatic carbocycles. The average Bonchev–Trinajstić information content (AvgIpc) is 3.16. The van der Waals surface area contributed by atoms with Crippen molar-refractivity contribution in [1.82, 2.24) is 24.4 Å². The van der Waals surface area contributed by atoms with E-state index in [1.807, 2.05) is 27.7 Å². The maximum absolute atomic E-state index is 14.8. The zero-order valence-electron chi connectivity index (χ0n) is 19.8. The van der Waals surface area contributed by atoms with Crippen LogP contribution in [0.2, 0.25) is 0 Å². The van der Waals surface area contributed by atoms with Crippen molar-refractivity contribution >= 4 is 12.0 Å². The van der Waals surface area contributed by atoms with E-state index in [0.717, 1.165) is 31.5 Å². The zero-order chi connectivity index (χ0) is 23.6. The number of piperidine rings is 1. The summed E-state index contributed by atoms with van der Waals surface area (Å²) in [6.45, 7) is 10.0.